The third-order valence-electron chi connectivity index (χ3n) is 4.14. The summed E-state index contributed by atoms with van der Waals surface area (Å²) in [5, 5.41) is 10.0. The Hall–Kier alpha value is -2.73. The maximum absolute atomic E-state index is 4.47. The van der Waals surface area contributed by atoms with Crippen LogP contribution in [0.3, 0.4) is 0 Å². The third-order valence-corrected chi connectivity index (χ3v) is 4.64. The molecule has 3 aromatic heterocycles. The molecule has 0 aliphatic carbocycles. The molecule has 5 nitrogen and oxygen atoms in total. The van der Waals surface area contributed by atoms with Gasteiger partial charge in [0.25, 0.3) is 0 Å². The molecule has 0 bridgehead atoms. The Balaban J connectivity index is 0.000000175. The summed E-state index contributed by atoms with van der Waals surface area (Å²) < 4.78 is 1.04. The number of hydrogen-bond acceptors (Lipinski definition) is 4. The van der Waals surface area contributed by atoms with Crippen molar-refractivity contribution in [2.24, 2.45) is 0 Å². The van der Waals surface area contributed by atoms with Crippen molar-refractivity contribution >= 4 is 26.7 Å². The maximum atomic E-state index is 4.47. The van der Waals surface area contributed by atoms with Crippen LogP contribution in [0, 0.1) is 13.0 Å². The predicted molar refractivity (Wildman–Crippen MR) is 117 cm³/mol. The van der Waals surface area contributed by atoms with Crippen LogP contribution in [0.15, 0.2) is 83.6 Å². The number of nitrogens with zero attached hydrogens (tertiary/aromatic N) is 5. The standard InChI is InChI=1S/C15H9BrN.C8H7N4.Ir/c16-13-6-3-5-12(10-13)15-14-7-2-1-4-11(14)8-9-17-15;1-6-10-8(12-11-6)7-4-2-3-5-9-7;/h1-4,6-10H;2-5H,1H3;/q2*-1;. The Morgan fingerprint density at radius 3 is 2.50 bits per heavy atom. The normalized spacial score (nSPS) is 10.1. The summed E-state index contributed by atoms with van der Waals surface area (Å²) in [4.78, 5) is 12.7. The molecule has 0 amide bonds. The van der Waals surface area contributed by atoms with Crippen LogP contribution >= 0.6 is 15.9 Å². The molecule has 3 heterocycles. The van der Waals surface area contributed by atoms with E-state index in [1.165, 1.54) is 5.39 Å². The van der Waals surface area contributed by atoms with E-state index in [0.717, 1.165) is 26.8 Å². The van der Waals surface area contributed by atoms with Crippen LogP contribution in [-0.2, 0) is 20.1 Å². The van der Waals surface area contributed by atoms with Crippen molar-refractivity contribution in [1.82, 2.24) is 25.1 Å². The van der Waals surface area contributed by atoms with Gasteiger partial charge in [-0.15, -0.1) is 29.8 Å². The molecular weight excluding hydrogens is 618 g/mol. The van der Waals surface area contributed by atoms with E-state index in [2.05, 4.69) is 59.3 Å². The van der Waals surface area contributed by atoms with Gasteiger partial charge in [0.15, 0.2) is 0 Å². The summed E-state index contributed by atoms with van der Waals surface area (Å²) in [5.74, 6) is 1.27. The van der Waals surface area contributed by atoms with Gasteiger partial charge in [0.05, 0.1) is 5.69 Å². The average Bonchev–Trinajstić information content (AvgIpc) is 3.21. The van der Waals surface area contributed by atoms with Gasteiger partial charge >= 0.3 is 0 Å². The van der Waals surface area contributed by atoms with Crippen molar-refractivity contribution < 1.29 is 20.1 Å². The van der Waals surface area contributed by atoms with Crippen LogP contribution in [0.2, 0.25) is 0 Å². The molecule has 30 heavy (non-hydrogen) atoms. The minimum atomic E-state index is 0. The number of hydrogen-bond donors (Lipinski definition) is 0. The van der Waals surface area contributed by atoms with Crippen LogP contribution < -0.4 is 5.10 Å². The van der Waals surface area contributed by atoms with Gasteiger partial charge < -0.3 is 15.1 Å². The first kappa shape index (κ1) is 22.0. The molecule has 5 rings (SSSR count). The minimum absolute atomic E-state index is 0. The van der Waals surface area contributed by atoms with E-state index in [4.69, 9.17) is 0 Å². The molecule has 0 fully saturated rings. The zero-order valence-corrected chi connectivity index (χ0v) is 19.9. The Morgan fingerprint density at radius 2 is 1.77 bits per heavy atom. The number of benzene rings is 2. The number of rotatable bonds is 2. The van der Waals surface area contributed by atoms with E-state index >= 15 is 0 Å². The SMILES string of the molecule is Brc1cc[c-]c(-c2nccc3ccccc23)c1.Cc1n[n-]c(-c2ccccn2)n1.[Ir]. The van der Waals surface area contributed by atoms with E-state index in [-0.39, 0.29) is 20.1 Å². The quantitative estimate of drug-likeness (QED) is 0.248. The molecule has 0 saturated heterocycles. The summed E-state index contributed by atoms with van der Waals surface area (Å²) in [7, 11) is 0. The predicted octanol–water partition coefficient (Wildman–Crippen LogP) is 5.27. The van der Waals surface area contributed by atoms with Crippen molar-refractivity contribution in [3.05, 3.63) is 95.5 Å². The van der Waals surface area contributed by atoms with Gasteiger partial charge in [0.2, 0.25) is 0 Å². The van der Waals surface area contributed by atoms with Crippen molar-refractivity contribution in [3.63, 3.8) is 0 Å². The number of fused-ring (bicyclic) bond motifs is 1. The van der Waals surface area contributed by atoms with Crippen LogP contribution in [0.4, 0.5) is 0 Å². The molecule has 0 aliphatic rings. The van der Waals surface area contributed by atoms with Gasteiger partial charge in [-0.2, -0.15) is 0 Å². The topological polar surface area (TPSA) is 65.7 Å². The molecule has 7 heteroatoms. The maximum Gasteiger partial charge on any atom is 0.0634 e. The van der Waals surface area contributed by atoms with E-state index < -0.39 is 0 Å². The van der Waals surface area contributed by atoms with Gasteiger partial charge in [-0.3, -0.25) is 10.1 Å². The number of pyridine rings is 2. The molecule has 0 spiro atoms. The second-order valence-electron chi connectivity index (χ2n) is 6.20. The molecule has 0 N–H and O–H groups in total. The Kier molecular flexibility index (Phi) is 7.57. The van der Waals surface area contributed by atoms with Crippen molar-refractivity contribution in [3.8, 4) is 22.8 Å². The average molecular weight is 635 g/mol. The van der Waals surface area contributed by atoms with Crippen LogP contribution in [-0.4, -0.2) is 20.1 Å². The van der Waals surface area contributed by atoms with Gasteiger partial charge in [-0.1, -0.05) is 50.7 Å². The second kappa shape index (κ2) is 10.3. The number of aromatic nitrogens is 5. The van der Waals surface area contributed by atoms with Crippen LogP contribution in [0.1, 0.15) is 5.82 Å². The molecule has 0 atom stereocenters. The monoisotopic (exact) mass is 634 g/mol. The fourth-order valence-corrected chi connectivity index (χ4v) is 3.19. The van der Waals surface area contributed by atoms with E-state index in [9.17, 15) is 0 Å². The third kappa shape index (κ3) is 5.25. The molecule has 0 unspecified atom stereocenters. The Morgan fingerprint density at radius 1 is 0.933 bits per heavy atom. The van der Waals surface area contributed by atoms with Gasteiger partial charge in [-0.05, 0) is 47.4 Å². The molecule has 151 valence electrons. The van der Waals surface area contributed by atoms with E-state index in [1.807, 2.05) is 60.8 Å². The zero-order valence-electron chi connectivity index (χ0n) is 16.0. The summed E-state index contributed by atoms with van der Waals surface area (Å²) in [6.45, 7) is 1.80. The fourth-order valence-electron chi connectivity index (χ4n) is 2.83. The van der Waals surface area contributed by atoms with Gasteiger partial charge in [-0.25, -0.2) is 0 Å². The zero-order chi connectivity index (χ0) is 20.1. The number of halogens is 1. The largest absolute Gasteiger partial charge is 0.421 e. The van der Waals surface area contributed by atoms with Crippen molar-refractivity contribution in [2.75, 3.05) is 0 Å². The Bertz CT molecular complexity index is 1240. The minimum Gasteiger partial charge on any atom is -0.421 e. The molecule has 2 aromatic carbocycles. The number of aryl methyl sites for hydroxylation is 1. The second-order valence-corrected chi connectivity index (χ2v) is 7.11. The summed E-state index contributed by atoms with van der Waals surface area (Å²) in [6, 6.07) is 25.0. The van der Waals surface area contributed by atoms with Crippen LogP contribution in [0.25, 0.3) is 33.5 Å². The first-order chi connectivity index (χ1) is 14.2. The molecule has 0 saturated carbocycles. The molecule has 0 aliphatic heterocycles. The van der Waals surface area contributed by atoms with Crippen molar-refractivity contribution in [2.45, 2.75) is 6.92 Å². The smallest absolute Gasteiger partial charge is 0.0634 e. The summed E-state index contributed by atoms with van der Waals surface area (Å²) >= 11 is 3.48. The van der Waals surface area contributed by atoms with Crippen molar-refractivity contribution in [1.29, 1.82) is 0 Å². The Labute approximate surface area is 196 Å². The fraction of sp³-hybridized carbons (Fsp3) is 0.0435. The summed E-state index contributed by atoms with van der Waals surface area (Å²) in [6.07, 6.45) is 3.55. The molecule has 1 radical (unpaired) electrons. The van der Waals surface area contributed by atoms with Gasteiger partial charge in [0, 0.05) is 38.3 Å². The summed E-state index contributed by atoms with van der Waals surface area (Å²) in [5.41, 5.74) is 2.75. The molecular formula is C23H16BrIrN5-2. The molecule has 5 aromatic rings. The first-order valence-corrected chi connectivity index (χ1v) is 9.77. The van der Waals surface area contributed by atoms with Crippen LogP contribution in [0.5, 0.6) is 0 Å². The van der Waals surface area contributed by atoms with E-state index in [0.29, 0.717) is 11.6 Å². The van der Waals surface area contributed by atoms with Gasteiger partial charge in [0.1, 0.15) is 0 Å². The first-order valence-electron chi connectivity index (χ1n) is 8.97. The van der Waals surface area contributed by atoms with E-state index in [1.54, 1.807) is 13.1 Å².